The topological polar surface area (TPSA) is 27.0 Å². The Hall–Kier alpha value is -1.15. The molecule has 2 aromatic carbocycles. The summed E-state index contributed by atoms with van der Waals surface area (Å²) < 4.78 is 2.00. The first-order valence-corrected chi connectivity index (χ1v) is 11.6. The van der Waals surface area contributed by atoms with Crippen molar-refractivity contribution in [2.75, 3.05) is 13.1 Å². The van der Waals surface area contributed by atoms with Crippen LogP contribution >= 0.6 is 31.9 Å². The Labute approximate surface area is 187 Å². The van der Waals surface area contributed by atoms with Crippen LogP contribution in [0.2, 0.25) is 0 Å². The van der Waals surface area contributed by atoms with E-state index in [2.05, 4.69) is 101 Å². The number of benzene rings is 2. The van der Waals surface area contributed by atoms with Crippen molar-refractivity contribution in [1.82, 2.24) is 4.90 Å². The van der Waals surface area contributed by atoms with Gasteiger partial charge in [0.05, 0.1) is 11.5 Å². The highest BCUT2D eigenvalue weighted by Crippen LogP contribution is 2.44. The van der Waals surface area contributed by atoms with Gasteiger partial charge in [0.2, 0.25) is 0 Å². The predicted molar refractivity (Wildman–Crippen MR) is 125 cm³/mol. The quantitative estimate of drug-likeness (QED) is 0.352. The van der Waals surface area contributed by atoms with Gasteiger partial charge in [0.15, 0.2) is 0 Å². The zero-order valence-corrected chi connectivity index (χ0v) is 20.4. The Bertz CT molecular complexity index is 778. The normalized spacial score (nSPS) is 14.7. The maximum Gasteiger partial charge on any atom is 0.0867 e. The molecule has 0 aliphatic rings. The van der Waals surface area contributed by atoms with Gasteiger partial charge in [-0.3, -0.25) is 4.90 Å². The summed E-state index contributed by atoms with van der Waals surface area (Å²) in [5.41, 5.74) is 1.90. The number of nitrogens with zero attached hydrogens (tertiary/aromatic N) is 2. The molecule has 0 spiro atoms. The van der Waals surface area contributed by atoms with Crippen LogP contribution in [0.5, 0.6) is 0 Å². The standard InChI is InChI=1S/C24H30Br2N2/c1-5-28(19(4)20-11-7-6-8-12-20)16-10-15-24(17-27,18(2)3)23-21(25)13-9-14-22(23)26/h6-9,11-14,18-19H,5,10,15-16H2,1-4H3. The van der Waals surface area contributed by atoms with Gasteiger partial charge in [-0.25, -0.2) is 0 Å². The first-order valence-electron chi connectivity index (χ1n) is 10.0. The first-order chi connectivity index (χ1) is 13.4. The summed E-state index contributed by atoms with van der Waals surface area (Å²) in [7, 11) is 0. The molecule has 0 saturated carbocycles. The van der Waals surface area contributed by atoms with E-state index in [1.165, 1.54) is 5.56 Å². The van der Waals surface area contributed by atoms with E-state index in [1.807, 2.05) is 18.2 Å². The molecule has 0 N–H and O–H groups in total. The van der Waals surface area contributed by atoms with E-state index in [0.29, 0.717) is 6.04 Å². The molecule has 2 rings (SSSR count). The summed E-state index contributed by atoms with van der Waals surface area (Å²) in [5.74, 6) is 0.217. The third-order valence-electron chi connectivity index (χ3n) is 5.85. The molecule has 0 aromatic heterocycles. The van der Waals surface area contributed by atoms with Crippen LogP contribution in [0.3, 0.4) is 0 Å². The fourth-order valence-electron chi connectivity index (χ4n) is 4.00. The van der Waals surface area contributed by atoms with Crippen LogP contribution in [0.1, 0.15) is 57.7 Å². The molecule has 0 radical (unpaired) electrons. The fraction of sp³-hybridized carbons (Fsp3) is 0.458. The Morgan fingerprint density at radius 1 is 1.00 bits per heavy atom. The third kappa shape index (κ3) is 5.06. The molecular formula is C24H30Br2N2. The van der Waals surface area contributed by atoms with Gasteiger partial charge in [0, 0.05) is 20.6 Å². The number of rotatable bonds is 9. The van der Waals surface area contributed by atoms with E-state index < -0.39 is 5.41 Å². The Kier molecular flexibility index (Phi) is 8.74. The van der Waals surface area contributed by atoms with Crippen LogP contribution < -0.4 is 0 Å². The summed E-state index contributed by atoms with van der Waals surface area (Å²) in [6.07, 6.45) is 1.81. The molecule has 0 bridgehead atoms. The molecule has 0 amide bonds. The number of nitriles is 1. The van der Waals surface area contributed by atoms with Crippen LogP contribution in [-0.2, 0) is 5.41 Å². The van der Waals surface area contributed by atoms with Gasteiger partial charge >= 0.3 is 0 Å². The summed E-state index contributed by atoms with van der Waals surface area (Å²) in [4.78, 5) is 2.49. The minimum atomic E-state index is -0.520. The molecule has 4 heteroatoms. The Morgan fingerprint density at radius 2 is 1.61 bits per heavy atom. The minimum absolute atomic E-state index is 0.217. The lowest BCUT2D eigenvalue weighted by molar-refractivity contribution is 0.207. The maximum atomic E-state index is 10.3. The molecule has 150 valence electrons. The summed E-state index contributed by atoms with van der Waals surface area (Å²) in [5, 5.41) is 10.3. The number of hydrogen-bond donors (Lipinski definition) is 0. The third-order valence-corrected chi connectivity index (χ3v) is 7.17. The van der Waals surface area contributed by atoms with Gasteiger partial charge in [-0.2, -0.15) is 5.26 Å². The Balaban J connectivity index is 2.19. The summed E-state index contributed by atoms with van der Waals surface area (Å²) in [6, 6.07) is 19.8. The van der Waals surface area contributed by atoms with E-state index in [4.69, 9.17) is 0 Å². The largest absolute Gasteiger partial charge is 0.297 e. The summed E-state index contributed by atoms with van der Waals surface area (Å²) in [6.45, 7) is 10.8. The molecule has 0 aliphatic heterocycles. The highest BCUT2D eigenvalue weighted by atomic mass is 79.9. The molecule has 0 heterocycles. The second kappa shape index (κ2) is 10.6. The first kappa shape index (κ1) is 23.1. The fourth-order valence-corrected chi connectivity index (χ4v) is 5.70. The molecule has 0 aliphatic carbocycles. The number of hydrogen-bond acceptors (Lipinski definition) is 2. The lowest BCUT2D eigenvalue weighted by atomic mass is 9.70. The van der Waals surface area contributed by atoms with Gasteiger partial charge in [0.25, 0.3) is 0 Å². The lowest BCUT2D eigenvalue weighted by Gasteiger charge is -2.35. The highest BCUT2D eigenvalue weighted by molar-refractivity contribution is 9.11. The van der Waals surface area contributed by atoms with Crippen LogP contribution in [0.15, 0.2) is 57.5 Å². The maximum absolute atomic E-state index is 10.3. The van der Waals surface area contributed by atoms with Crippen LogP contribution in [0.25, 0.3) is 0 Å². The van der Waals surface area contributed by atoms with Crippen molar-refractivity contribution in [1.29, 1.82) is 5.26 Å². The highest BCUT2D eigenvalue weighted by Gasteiger charge is 2.38. The van der Waals surface area contributed by atoms with Crippen LogP contribution in [0, 0.1) is 17.2 Å². The van der Waals surface area contributed by atoms with Gasteiger partial charge < -0.3 is 0 Å². The lowest BCUT2D eigenvalue weighted by Crippen LogP contribution is -2.34. The SMILES string of the molecule is CCN(CCCC(C#N)(c1c(Br)cccc1Br)C(C)C)C(C)c1ccccc1. The number of halogens is 2. The molecule has 2 unspecified atom stereocenters. The second-order valence-electron chi connectivity index (χ2n) is 7.65. The average molecular weight is 506 g/mol. The van der Waals surface area contributed by atoms with Crippen LogP contribution in [0.4, 0.5) is 0 Å². The van der Waals surface area contributed by atoms with Crippen molar-refractivity contribution >= 4 is 31.9 Å². The molecule has 0 fully saturated rings. The van der Waals surface area contributed by atoms with Crippen molar-refractivity contribution in [3.8, 4) is 6.07 Å². The van der Waals surface area contributed by atoms with E-state index >= 15 is 0 Å². The zero-order chi connectivity index (χ0) is 20.7. The van der Waals surface area contributed by atoms with Gasteiger partial charge in [-0.05, 0) is 56.5 Å². The average Bonchev–Trinajstić information content (AvgIpc) is 2.69. The molecular weight excluding hydrogens is 476 g/mol. The van der Waals surface area contributed by atoms with Gasteiger partial charge in [-0.15, -0.1) is 0 Å². The predicted octanol–water partition coefficient (Wildman–Crippen LogP) is 7.49. The van der Waals surface area contributed by atoms with Crippen molar-refractivity contribution < 1.29 is 0 Å². The molecule has 2 nitrogen and oxygen atoms in total. The van der Waals surface area contributed by atoms with Gasteiger partial charge in [0.1, 0.15) is 0 Å². The van der Waals surface area contributed by atoms with Crippen LogP contribution in [-0.4, -0.2) is 18.0 Å². The smallest absolute Gasteiger partial charge is 0.0867 e. The molecule has 0 saturated heterocycles. The van der Waals surface area contributed by atoms with E-state index in [9.17, 15) is 5.26 Å². The van der Waals surface area contributed by atoms with Crippen molar-refractivity contribution in [3.63, 3.8) is 0 Å². The van der Waals surface area contributed by atoms with Crippen molar-refractivity contribution in [2.24, 2.45) is 5.92 Å². The summed E-state index contributed by atoms with van der Waals surface area (Å²) >= 11 is 7.38. The molecule has 2 aromatic rings. The Morgan fingerprint density at radius 3 is 2.11 bits per heavy atom. The monoisotopic (exact) mass is 504 g/mol. The van der Waals surface area contributed by atoms with Gasteiger partial charge in [-0.1, -0.05) is 89.0 Å². The van der Waals surface area contributed by atoms with E-state index in [1.54, 1.807) is 0 Å². The second-order valence-corrected chi connectivity index (χ2v) is 9.36. The molecule has 28 heavy (non-hydrogen) atoms. The van der Waals surface area contributed by atoms with Crippen molar-refractivity contribution in [3.05, 3.63) is 68.6 Å². The van der Waals surface area contributed by atoms with E-state index in [-0.39, 0.29) is 5.92 Å². The van der Waals surface area contributed by atoms with Crippen molar-refractivity contribution in [2.45, 2.75) is 52.0 Å². The molecule has 2 atom stereocenters. The van der Waals surface area contributed by atoms with E-state index in [0.717, 1.165) is 40.4 Å². The zero-order valence-electron chi connectivity index (χ0n) is 17.3. The minimum Gasteiger partial charge on any atom is -0.297 e.